The third kappa shape index (κ3) is 1.05. The minimum Gasteiger partial charge on any atom is -0.461 e. The number of nitrogens with two attached hydrogens (primary N) is 1. The maximum atomic E-state index is 5.61. The number of anilines is 1. The zero-order chi connectivity index (χ0) is 8.55. The van der Waals surface area contributed by atoms with Crippen molar-refractivity contribution in [2.24, 2.45) is 0 Å². The Morgan fingerprint density at radius 3 is 2.92 bits per heavy atom. The summed E-state index contributed by atoms with van der Waals surface area (Å²) in [6.45, 7) is 2.07. The van der Waals surface area contributed by atoms with Crippen molar-refractivity contribution in [3.63, 3.8) is 0 Å². The van der Waals surface area contributed by atoms with Crippen LogP contribution in [-0.4, -0.2) is 0 Å². The Balaban J connectivity index is 2.67. The zero-order valence-corrected chi connectivity index (χ0v) is 7.00. The van der Waals surface area contributed by atoms with Crippen molar-refractivity contribution in [2.75, 3.05) is 5.73 Å². The van der Waals surface area contributed by atoms with Gasteiger partial charge < -0.3 is 10.2 Å². The Morgan fingerprint density at radius 2 is 2.17 bits per heavy atom. The fourth-order valence-electron chi connectivity index (χ4n) is 1.28. The Hall–Kier alpha value is -1.44. The molecule has 1 aromatic heterocycles. The SMILES string of the molecule is CCc1cc2ccc(N)cc2o1. The van der Waals surface area contributed by atoms with E-state index >= 15 is 0 Å². The molecule has 62 valence electrons. The van der Waals surface area contributed by atoms with Crippen molar-refractivity contribution >= 4 is 16.7 Å². The lowest BCUT2D eigenvalue weighted by Gasteiger charge is -1.90. The predicted molar refractivity (Wildman–Crippen MR) is 50.0 cm³/mol. The predicted octanol–water partition coefficient (Wildman–Crippen LogP) is 2.58. The molecule has 0 aliphatic rings. The van der Waals surface area contributed by atoms with Gasteiger partial charge in [0.2, 0.25) is 0 Å². The molecule has 12 heavy (non-hydrogen) atoms. The Labute approximate surface area is 71.0 Å². The average molecular weight is 161 g/mol. The van der Waals surface area contributed by atoms with Gasteiger partial charge in [0.1, 0.15) is 11.3 Å². The molecule has 0 aliphatic carbocycles. The lowest BCUT2D eigenvalue weighted by molar-refractivity contribution is 0.557. The second-order valence-electron chi connectivity index (χ2n) is 2.86. The molecular weight excluding hydrogens is 150 g/mol. The number of nitrogen functional groups attached to an aromatic ring is 1. The van der Waals surface area contributed by atoms with Gasteiger partial charge in [-0.15, -0.1) is 0 Å². The van der Waals surface area contributed by atoms with Crippen molar-refractivity contribution in [2.45, 2.75) is 13.3 Å². The Bertz CT molecular complexity index is 403. The van der Waals surface area contributed by atoms with Crippen molar-refractivity contribution in [3.8, 4) is 0 Å². The largest absolute Gasteiger partial charge is 0.461 e. The number of benzene rings is 1. The van der Waals surface area contributed by atoms with Crippen LogP contribution in [0.3, 0.4) is 0 Å². The maximum Gasteiger partial charge on any atom is 0.136 e. The molecular formula is C10H11NO. The van der Waals surface area contributed by atoms with E-state index in [1.807, 2.05) is 18.2 Å². The van der Waals surface area contributed by atoms with E-state index in [1.165, 1.54) is 0 Å². The van der Waals surface area contributed by atoms with E-state index in [2.05, 4.69) is 13.0 Å². The molecule has 2 aromatic rings. The lowest BCUT2D eigenvalue weighted by Crippen LogP contribution is -1.80. The van der Waals surface area contributed by atoms with Crippen molar-refractivity contribution in [1.29, 1.82) is 0 Å². The maximum absolute atomic E-state index is 5.61. The van der Waals surface area contributed by atoms with Crippen molar-refractivity contribution < 1.29 is 4.42 Å². The first-order valence-corrected chi connectivity index (χ1v) is 4.07. The quantitative estimate of drug-likeness (QED) is 0.653. The topological polar surface area (TPSA) is 39.2 Å². The molecule has 0 fully saturated rings. The van der Waals surface area contributed by atoms with Gasteiger partial charge in [-0.2, -0.15) is 0 Å². The molecule has 0 bridgehead atoms. The fraction of sp³-hybridized carbons (Fsp3) is 0.200. The molecule has 0 spiro atoms. The first-order chi connectivity index (χ1) is 5.79. The van der Waals surface area contributed by atoms with Gasteiger partial charge in [-0.05, 0) is 18.2 Å². The van der Waals surface area contributed by atoms with Gasteiger partial charge in [0.25, 0.3) is 0 Å². The lowest BCUT2D eigenvalue weighted by atomic mass is 10.2. The standard InChI is InChI=1S/C10H11NO/c1-2-9-5-7-3-4-8(11)6-10(7)12-9/h3-6H,2,11H2,1H3. The molecule has 0 amide bonds. The van der Waals surface area contributed by atoms with Crippen LogP contribution in [-0.2, 0) is 6.42 Å². The van der Waals surface area contributed by atoms with Crippen LogP contribution >= 0.6 is 0 Å². The first-order valence-electron chi connectivity index (χ1n) is 4.07. The second-order valence-corrected chi connectivity index (χ2v) is 2.86. The van der Waals surface area contributed by atoms with Crippen LogP contribution < -0.4 is 5.73 Å². The monoisotopic (exact) mass is 161 g/mol. The van der Waals surface area contributed by atoms with Gasteiger partial charge in [0.05, 0.1) is 0 Å². The van der Waals surface area contributed by atoms with Gasteiger partial charge in [0, 0.05) is 23.6 Å². The molecule has 0 aliphatic heterocycles. The summed E-state index contributed by atoms with van der Waals surface area (Å²) in [5, 5.41) is 1.13. The summed E-state index contributed by atoms with van der Waals surface area (Å²) in [6, 6.07) is 7.77. The third-order valence-corrected chi connectivity index (χ3v) is 1.94. The Morgan fingerprint density at radius 1 is 1.33 bits per heavy atom. The number of hydrogen-bond acceptors (Lipinski definition) is 2. The summed E-state index contributed by atoms with van der Waals surface area (Å²) in [4.78, 5) is 0. The molecule has 0 unspecified atom stereocenters. The molecule has 1 aromatic carbocycles. The van der Waals surface area contributed by atoms with E-state index in [4.69, 9.17) is 10.2 Å². The van der Waals surface area contributed by atoms with Gasteiger partial charge in [-0.1, -0.05) is 6.92 Å². The van der Waals surface area contributed by atoms with Gasteiger partial charge in [-0.3, -0.25) is 0 Å². The third-order valence-electron chi connectivity index (χ3n) is 1.94. The van der Waals surface area contributed by atoms with E-state index in [1.54, 1.807) is 0 Å². The highest BCUT2D eigenvalue weighted by molar-refractivity contribution is 5.81. The van der Waals surface area contributed by atoms with Gasteiger partial charge in [-0.25, -0.2) is 0 Å². The Kier molecular flexibility index (Phi) is 1.54. The van der Waals surface area contributed by atoms with Crippen LogP contribution in [0, 0.1) is 0 Å². The van der Waals surface area contributed by atoms with Crippen molar-refractivity contribution in [1.82, 2.24) is 0 Å². The molecule has 1 heterocycles. The minimum atomic E-state index is 0.750. The van der Waals surface area contributed by atoms with Crippen LogP contribution in [0.25, 0.3) is 11.0 Å². The van der Waals surface area contributed by atoms with E-state index in [9.17, 15) is 0 Å². The summed E-state index contributed by atoms with van der Waals surface area (Å²) in [5.41, 5.74) is 7.25. The highest BCUT2D eigenvalue weighted by atomic mass is 16.3. The van der Waals surface area contributed by atoms with Gasteiger partial charge >= 0.3 is 0 Å². The summed E-state index contributed by atoms with van der Waals surface area (Å²) in [6.07, 6.45) is 0.925. The highest BCUT2D eigenvalue weighted by Gasteiger charge is 2.00. The molecule has 0 radical (unpaired) electrons. The summed E-state index contributed by atoms with van der Waals surface area (Å²) < 4.78 is 5.52. The summed E-state index contributed by atoms with van der Waals surface area (Å²) in [7, 11) is 0. The number of fused-ring (bicyclic) bond motifs is 1. The molecule has 2 heteroatoms. The van der Waals surface area contributed by atoms with Crippen LogP contribution in [0.5, 0.6) is 0 Å². The van der Waals surface area contributed by atoms with E-state index < -0.39 is 0 Å². The fourth-order valence-corrected chi connectivity index (χ4v) is 1.28. The van der Waals surface area contributed by atoms with Crippen LogP contribution in [0.15, 0.2) is 28.7 Å². The van der Waals surface area contributed by atoms with Gasteiger partial charge in [0.15, 0.2) is 0 Å². The minimum absolute atomic E-state index is 0.750. The molecule has 0 saturated heterocycles. The normalized spacial score (nSPS) is 10.8. The molecule has 0 atom stereocenters. The summed E-state index contributed by atoms with van der Waals surface area (Å²) >= 11 is 0. The van der Waals surface area contributed by atoms with E-state index in [-0.39, 0.29) is 0 Å². The van der Waals surface area contributed by atoms with Crippen LogP contribution in [0.2, 0.25) is 0 Å². The number of aryl methyl sites for hydroxylation is 1. The zero-order valence-electron chi connectivity index (χ0n) is 7.00. The number of furan rings is 1. The summed E-state index contributed by atoms with van der Waals surface area (Å²) in [5.74, 6) is 1.01. The number of rotatable bonds is 1. The number of hydrogen-bond donors (Lipinski definition) is 1. The van der Waals surface area contributed by atoms with Crippen LogP contribution in [0.4, 0.5) is 5.69 Å². The molecule has 0 saturated carbocycles. The highest BCUT2D eigenvalue weighted by Crippen LogP contribution is 2.21. The van der Waals surface area contributed by atoms with E-state index in [0.29, 0.717) is 0 Å². The smallest absolute Gasteiger partial charge is 0.136 e. The van der Waals surface area contributed by atoms with Crippen LogP contribution in [0.1, 0.15) is 12.7 Å². The molecule has 2 nitrogen and oxygen atoms in total. The molecule has 2 rings (SSSR count). The van der Waals surface area contributed by atoms with Crippen molar-refractivity contribution in [3.05, 3.63) is 30.0 Å². The molecule has 2 N–H and O–H groups in total. The first kappa shape index (κ1) is 7.22. The second kappa shape index (κ2) is 2.55. The average Bonchev–Trinajstić information content (AvgIpc) is 2.46. The van der Waals surface area contributed by atoms with E-state index in [0.717, 1.165) is 28.8 Å².